The zero-order valence-corrected chi connectivity index (χ0v) is 11.9. The Morgan fingerprint density at radius 3 is 2.45 bits per heavy atom. The van der Waals surface area contributed by atoms with Crippen LogP contribution in [0.3, 0.4) is 0 Å². The minimum absolute atomic E-state index is 0.0257. The molecule has 0 bridgehead atoms. The number of amides is 1. The molecule has 1 aromatic carbocycles. The SMILES string of the molecule is Nc1ccc(CCC(=O)NC2(CO)CCCCC2)cc1. The van der Waals surface area contributed by atoms with Crippen molar-refractivity contribution in [2.45, 2.75) is 50.5 Å². The normalized spacial score (nSPS) is 17.6. The molecule has 1 aliphatic carbocycles. The highest BCUT2D eigenvalue weighted by Gasteiger charge is 2.32. The number of carbonyl (C=O) groups is 1. The van der Waals surface area contributed by atoms with Crippen LogP contribution in [0.15, 0.2) is 24.3 Å². The van der Waals surface area contributed by atoms with Crippen LogP contribution >= 0.6 is 0 Å². The molecule has 0 spiro atoms. The average molecular weight is 276 g/mol. The van der Waals surface area contributed by atoms with Crippen LogP contribution in [-0.2, 0) is 11.2 Å². The van der Waals surface area contributed by atoms with Gasteiger partial charge >= 0.3 is 0 Å². The molecule has 20 heavy (non-hydrogen) atoms. The first-order chi connectivity index (χ1) is 9.63. The molecular formula is C16H24N2O2. The second-order valence-electron chi connectivity index (χ2n) is 5.79. The van der Waals surface area contributed by atoms with E-state index in [9.17, 15) is 9.90 Å². The van der Waals surface area contributed by atoms with E-state index in [1.807, 2.05) is 24.3 Å². The van der Waals surface area contributed by atoms with Gasteiger partial charge in [0.05, 0.1) is 12.1 Å². The maximum Gasteiger partial charge on any atom is 0.220 e. The maximum absolute atomic E-state index is 12.1. The van der Waals surface area contributed by atoms with Crippen molar-refractivity contribution in [1.82, 2.24) is 5.32 Å². The van der Waals surface area contributed by atoms with E-state index in [1.54, 1.807) is 0 Å². The molecule has 0 aliphatic heterocycles. The van der Waals surface area contributed by atoms with E-state index >= 15 is 0 Å². The van der Waals surface area contributed by atoms with Gasteiger partial charge in [0.15, 0.2) is 0 Å². The van der Waals surface area contributed by atoms with Crippen LogP contribution < -0.4 is 11.1 Å². The zero-order chi connectivity index (χ0) is 14.4. The summed E-state index contributed by atoms with van der Waals surface area (Å²) >= 11 is 0. The molecule has 0 aromatic heterocycles. The highest BCUT2D eigenvalue weighted by atomic mass is 16.3. The molecule has 0 radical (unpaired) electrons. The second-order valence-corrected chi connectivity index (χ2v) is 5.79. The fourth-order valence-corrected chi connectivity index (χ4v) is 2.85. The van der Waals surface area contributed by atoms with E-state index in [0.717, 1.165) is 36.9 Å². The summed E-state index contributed by atoms with van der Waals surface area (Å²) in [6.07, 6.45) is 6.29. The molecule has 0 atom stereocenters. The van der Waals surface area contributed by atoms with E-state index in [0.29, 0.717) is 12.8 Å². The number of carbonyl (C=O) groups excluding carboxylic acids is 1. The van der Waals surface area contributed by atoms with Gasteiger partial charge in [-0.2, -0.15) is 0 Å². The first-order valence-corrected chi connectivity index (χ1v) is 7.40. The van der Waals surface area contributed by atoms with Crippen molar-refractivity contribution >= 4 is 11.6 Å². The maximum atomic E-state index is 12.1. The third-order valence-corrected chi connectivity index (χ3v) is 4.14. The lowest BCUT2D eigenvalue weighted by Crippen LogP contribution is -2.52. The Morgan fingerprint density at radius 2 is 1.85 bits per heavy atom. The van der Waals surface area contributed by atoms with Crippen molar-refractivity contribution in [1.29, 1.82) is 0 Å². The van der Waals surface area contributed by atoms with Crippen LogP contribution in [0.25, 0.3) is 0 Å². The van der Waals surface area contributed by atoms with Crippen LogP contribution in [0.1, 0.15) is 44.1 Å². The fourth-order valence-electron chi connectivity index (χ4n) is 2.85. The minimum atomic E-state index is -0.379. The first kappa shape index (κ1) is 14.9. The van der Waals surface area contributed by atoms with Gasteiger partial charge in [0.1, 0.15) is 0 Å². The Morgan fingerprint density at radius 1 is 1.20 bits per heavy atom. The van der Waals surface area contributed by atoms with Gasteiger partial charge < -0.3 is 16.2 Å². The van der Waals surface area contributed by atoms with Crippen molar-refractivity contribution in [3.63, 3.8) is 0 Å². The molecular weight excluding hydrogens is 252 g/mol. The number of anilines is 1. The predicted molar refractivity (Wildman–Crippen MR) is 80.2 cm³/mol. The van der Waals surface area contributed by atoms with Gasteiger partial charge in [-0.3, -0.25) is 4.79 Å². The molecule has 0 saturated heterocycles. The third kappa shape index (κ3) is 3.97. The lowest BCUT2D eigenvalue weighted by molar-refractivity contribution is -0.124. The topological polar surface area (TPSA) is 75.4 Å². The highest BCUT2D eigenvalue weighted by Crippen LogP contribution is 2.27. The standard InChI is InChI=1S/C16H24N2O2/c17-14-7-4-13(5-8-14)6-9-15(20)18-16(12-19)10-2-1-3-11-16/h4-5,7-8,19H,1-3,6,9-12,17H2,(H,18,20). The minimum Gasteiger partial charge on any atom is -0.399 e. The summed E-state index contributed by atoms with van der Waals surface area (Å²) in [5.41, 5.74) is 7.10. The quantitative estimate of drug-likeness (QED) is 0.720. The van der Waals surface area contributed by atoms with Gasteiger partial charge in [0, 0.05) is 12.1 Å². The lowest BCUT2D eigenvalue weighted by Gasteiger charge is -2.36. The zero-order valence-electron chi connectivity index (χ0n) is 11.9. The Balaban J connectivity index is 1.83. The van der Waals surface area contributed by atoms with Gasteiger partial charge in [0.25, 0.3) is 0 Å². The van der Waals surface area contributed by atoms with Crippen LogP contribution in [0.5, 0.6) is 0 Å². The van der Waals surface area contributed by atoms with Crippen LogP contribution in [0.4, 0.5) is 5.69 Å². The molecule has 0 unspecified atom stereocenters. The summed E-state index contributed by atoms with van der Waals surface area (Å²) < 4.78 is 0. The van der Waals surface area contributed by atoms with Gasteiger partial charge in [-0.05, 0) is 37.0 Å². The Hall–Kier alpha value is -1.55. The number of aliphatic hydroxyl groups is 1. The van der Waals surface area contributed by atoms with Crippen LogP contribution in [-0.4, -0.2) is 23.2 Å². The van der Waals surface area contributed by atoms with Crippen molar-refractivity contribution in [3.8, 4) is 0 Å². The lowest BCUT2D eigenvalue weighted by atomic mass is 9.82. The number of nitrogen functional groups attached to an aromatic ring is 1. The number of hydrogen-bond donors (Lipinski definition) is 3. The van der Waals surface area contributed by atoms with Gasteiger partial charge in [0.2, 0.25) is 5.91 Å². The molecule has 1 amide bonds. The van der Waals surface area contributed by atoms with Crippen molar-refractivity contribution in [3.05, 3.63) is 29.8 Å². The third-order valence-electron chi connectivity index (χ3n) is 4.14. The Kier molecular flexibility index (Phi) is 5.01. The monoisotopic (exact) mass is 276 g/mol. The number of nitrogens with two attached hydrogens (primary N) is 1. The van der Waals surface area contributed by atoms with E-state index in [-0.39, 0.29) is 18.1 Å². The summed E-state index contributed by atoms with van der Waals surface area (Å²) in [6.45, 7) is 0.0423. The number of benzene rings is 1. The largest absolute Gasteiger partial charge is 0.399 e. The fraction of sp³-hybridized carbons (Fsp3) is 0.562. The number of hydrogen-bond acceptors (Lipinski definition) is 3. The average Bonchev–Trinajstić information content (AvgIpc) is 2.47. The molecule has 0 heterocycles. The van der Waals surface area contributed by atoms with Crippen LogP contribution in [0.2, 0.25) is 0 Å². The van der Waals surface area contributed by atoms with Crippen molar-refractivity contribution in [2.75, 3.05) is 12.3 Å². The molecule has 1 saturated carbocycles. The molecule has 1 fully saturated rings. The summed E-state index contributed by atoms with van der Waals surface area (Å²) in [6, 6.07) is 7.60. The van der Waals surface area contributed by atoms with E-state index < -0.39 is 0 Å². The Labute approximate surface area is 120 Å². The molecule has 2 rings (SSSR count). The summed E-state index contributed by atoms with van der Waals surface area (Å²) in [4.78, 5) is 12.1. The summed E-state index contributed by atoms with van der Waals surface area (Å²) in [5.74, 6) is 0.0257. The van der Waals surface area contributed by atoms with E-state index in [2.05, 4.69) is 5.32 Å². The molecule has 1 aliphatic rings. The smallest absolute Gasteiger partial charge is 0.220 e. The number of aryl methyl sites for hydroxylation is 1. The molecule has 110 valence electrons. The molecule has 4 nitrogen and oxygen atoms in total. The predicted octanol–water partition coefficient (Wildman–Crippen LogP) is 2.01. The number of rotatable bonds is 5. The molecule has 4 heteroatoms. The summed E-state index contributed by atoms with van der Waals surface area (Å²) in [5, 5.41) is 12.6. The van der Waals surface area contributed by atoms with Gasteiger partial charge in [-0.1, -0.05) is 31.4 Å². The van der Waals surface area contributed by atoms with Crippen molar-refractivity contribution in [2.24, 2.45) is 0 Å². The van der Waals surface area contributed by atoms with E-state index in [4.69, 9.17) is 5.73 Å². The molecule has 4 N–H and O–H groups in total. The number of aliphatic hydroxyl groups excluding tert-OH is 1. The summed E-state index contributed by atoms with van der Waals surface area (Å²) in [7, 11) is 0. The highest BCUT2D eigenvalue weighted by molar-refractivity contribution is 5.77. The number of nitrogens with one attached hydrogen (secondary N) is 1. The van der Waals surface area contributed by atoms with Gasteiger partial charge in [-0.25, -0.2) is 0 Å². The first-order valence-electron chi connectivity index (χ1n) is 7.40. The second kappa shape index (κ2) is 6.75. The van der Waals surface area contributed by atoms with Crippen molar-refractivity contribution < 1.29 is 9.90 Å². The Bertz CT molecular complexity index is 436. The molecule has 1 aromatic rings. The van der Waals surface area contributed by atoms with Gasteiger partial charge in [-0.15, -0.1) is 0 Å². The van der Waals surface area contributed by atoms with Crippen LogP contribution in [0, 0.1) is 0 Å². The van der Waals surface area contributed by atoms with E-state index in [1.165, 1.54) is 6.42 Å².